The molecule has 98 valence electrons. The van der Waals surface area contributed by atoms with Crippen LogP contribution in [0.1, 0.15) is 5.82 Å². The van der Waals surface area contributed by atoms with Crippen LogP contribution in [-0.4, -0.2) is 19.3 Å². The second-order valence-electron chi connectivity index (χ2n) is 4.22. The molecule has 0 amide bonds. The van der Waals surface area contributed by atoms with Crippen molar-refractivity contribution in [2.24, 2.45) is 0 Å². The Balaban J connectivity index is 1.97. The quantitative estimate of drug-likeness (QED) is 0.683. The largest absolute Gasteiger partial charge is 0.325 e. The van der Waals surface area contributed by atoms with Crippen LogP contribution in [-0.2, 0) is 19.0 Å². The van der Waals surface area contributed by atoms with Gasteiger partial charge in [0.25, 0.3) is 0 Å². The van der Waals surface area contributed by atoms with Crippen molar-refractivity contribution >= 4 is 38.6 Å². The summed E-state index contributed by atoms with van der Waals surface area (Å²) in [7, 11) is 0. The highest BCUT2D eigenvalue weighted by Crippen LogP contribution is 2.22. The van der Waals surface area contributed by atoms with E-state index in [0.29, 0.717) is 5.88 Å². The zero-order valence-electron chi connectivity index (χ0n) is 10.1. The Bertz CT molecular complexity index is 690. The maximum Gasteiger partial charge on any atom is 0.124 e. The zero-order valence-corrected chi connectivity index (χ0v) is 12.5. The van der Waals surface area contributed by atoms with Crippen molar-refractivity contribution < 1.29 is 0 Å². The summed E-state index contributed by atoms with van der Waals surface area (Å²) in [5.41, 5.74) is 2.07. The predicted octanol–water partition coefficient (Wildman–Crippen LogP) is 3.43. The Morgan fingerprint density at radius 3 is 2.89 bits per heavy atom. The molecule has 0 aliphatic heterocycles. The predicted molar refractivity (Wildman–Crippen MR) is 79.2 cm³/mol. The topological polar surface area (TPSA) is 35.6 Å². The molecule has 2 aromatic heterocycles. The molecule has 0 saturated carbocycles. The third-order valence-electron chi connectivity index (χ3n) is 3.02. The highest BCUT2D eigenvalue weighted by molar-refractivity contribution is 9.10. The zero-order chi connectivity index (χ0) is 13.2. The standard InChI is InChI=1S/C13H12BrClN4/c14-10-2-3-11-12(8-10)19(13(9-15)17-11)7-6-18-5-1-4-16-18/h1-5,8H,6-7,9H2. The summed E-state index contributed by atoms with van der Waals surface area (Å²) in [5.74, 6) is 1.30. The number of nitrogens with zero attached hydrogens (tertiary/aromatic N) is 4. The van der Waals surface area contributed by atoms with E-state index in [9.17, 15) is 0 Å². The fraction of sp³-hybridized carbons (Fsp3) is 0.231. The average molecular weight is 340 g/mol. The first kappa shape index (κ1) is 12.7. The van der Waals surface area contributed by atoms with Crippen LogP contribution in [0, 0.1) is 0 Å². The molecule has 0 N–H and O–H groups in total. The minimum absolute atomic E-state index is 0.408. The number of fused-ring (bicyclic) bond motifs is 1. The Morgan fingerprint density at radius 2 is 2.16 bits per heavy atom. The van der Waals surface area contributed by atoms with E-state index in [0.717, 1.165) is 34.4 Å². The number of halogens is 2. The van der Waals surface area contributed by atoms with Gasteiger partial charge in [0.1, 0.15) is 5.82 Å². The Kier molecular flexibility index (Phi) is 3.57. The lowest BCUT2D eigenvalue weighted by Crippen LogP contribution is -2.10. The van der Waals surface area contributed by atoms with Crippen molar-refractivity contribution in [1.29, 1.82) is 0 Å². The van der Waals surface area contributed by atoms with Gasteiger partial charge >= 0.3 is 0 Å². The van der Waals surface area contributed by atoms with E-state index >= 15 is 0 Å². The smallest absolute Gasteiger partial charge is 0.124 e. The number of aromatic nitrogens is 4. The lowest BCUT2D eigenvalue weighted by Gasteiger charge is -2.08. The average Bonchev–Trinajstić information content (AvgIpc) is 3.03. The second-order valence-corrected chi connectivity index (χ2v) is 5.40. The van der Waals surface area contributed by atoms with Gasteiger partial charge in [-0.15, -0.1) is 11.6 Å². The molecule has 2 heterocycles. The monoisotopic (exact) mass is 338 g/mol. The summed E-state index contributed by atoms with van der Waals surface area (Å²) >= 11 is 9.48. The van der Waals surface area contributed by atoms with Crippen LogP contribution >= 0.6 is 27.5 Å². The van der Waals surface area contributed by atoms with Gasteiger partial charge in [-0.25, -0.2) is 4.98 Å². The van der Waals surface area contributed by atoms with Crippen molar-refractivity contribution in [3.8, 4) is 0 Å². The maximum absolute atomic E-state index is 5.99. The van der Waals surface area contributed by atoms with Gasteiger partial charge in [-0.1, -0.05) is 15.9 Å². The highest BCUT2D eigenvalue weighted by atomic mass is 79.9. The van der Waals surface area contributed by atoms with Gasteiger partial charge in [-0.3, -0.25) is 4.68 Å². The number of aryl methyl sites for hydroxylation is 2. The number of alkyl halides is 1. The molecule has 3 rings (SSSR count). The number of rotatable bonds is 4. The van der Waals surface area contributed by atoms with Crippen LogP contribution in [0.15, 0.2) is 41.1 Å². The molecule has 0 aliphatic rings. The molecule has 19 heavy (non-hydrogen) atoms. The normalized spacial score (nSPS) is 11.3. The van der Waals surface area contributed by atoms with E-state index < -0.39 is 0 Å². The van der Waals surface area contributed by atoms with Gasteiger partial charge in [0.05, 0.1) is 23.5 Å². The molecule has 3 aromatic rings. The van der Waals surface area contributed by atoms with Crippen molar-refractivity contribution in [1.82, 2.24) is 19.3 Å². The Labute approximate surface area is 124 Å². The Hall–Kier alpha value is -1.33. The summed E-state index contributed by atoms with van der Waals surface area (Å²) in [4.78, 5) is 4.55. The molecule has 0 spiro atoms. The molecular formula is C13H12BrClN4. The number of imidazole rings is 1. The molecule has 6 heteroatoms. The summed E-state index contributed by atoms with van der Waals surface area (Å²) in [6.45, 7) is 1.60. The van der Waals surface area contributed by atoms with Crippen molar-refractivity contribution in [2.75, 3.05) is 0 Å². The third kappa shape index (κ3) is 2.53. The molecule has 0 bridgehead atoms. The first-order valence-corrected chi connectivity index (χ1v) is 7.29. The minimum atomic E-state index is 0.408. The lowest BCUT2D eigenvalue weighted by molar-refractivity contribution is 0.533. The van der Waals surface area contributed by atoms with Crippen LogP contribution in [0.25, 0.3) is 11.0 Å². The molecule has 0 unspecified atom stereocenters. The maximum atomic E-state index is 5.99. The molecule has 4 nitrogen and oxygen atoms in total. The van der Waals surface area contributed by atoms with E-state index in [1.54, 1.807) is 6.20 Å². The minimum Gasteiger partial charge on any atom is -0.325 e. The molecule has 0 atom stereocenters. The molecule has 1 aromatic carbocycles. The summed E-state index contributed by atoms with van der Waals surface area (Å²) in [6, 6.07) is 7.98. The van der Waals surface area contributed by atoms with Crippen LogP contribution in [0.3, 0.4) is 0 Å². The van der Waals surface area contributed by atoms with Gasteiger partial charge < -0.3 is 4.57 Å². The van der Waals surface area contributed by atoms with E-state index in [1.165, 1.54) is 0 Å². The summed E-state index contributed by atoms with van der Waals surface area (Å²) in [5, 5.41) is 4.21. The van der Waals surface area contributed by atoms with Gasteiger partial charge in [0.15, 0.2) is 0 Å². The van der Waals surface area contributed by atoms with Crippen LogP contribution in [0.5, 0.6) is 0 Å². The Morgan fingerprint density at radius 1 is 1.26 bits per heavy atom. The van der Waals surface area contributed by atoms with Gasteiger partial charge in [-0.05, 0) is 24.3 Å². The van der Waals surface area contributed by atoms with Crippen LogP contribution in [0.4, 0.5) is 0 Å². The van der Waals surface area contributed by atoms with E-state index in [4.69, 9.17) is 11.6 Å². The number of benzene rings is 1. The fourth-order valence-electron chi connectivity index (χ4n) is 2.13. The first-order chi connectivity index (χ1) is 9.28. The summed E-state index contributed by atoms with van der Waals surface area (Å²) in [6.07, 6.45) is 3.74. The van der Waals surface area contributed by atoms with Crippen molar-refractivity contribution in [2.45, 2.75) is 19.0 Å². The number of hydrogen-bond donors (Lipinski definition) is 0. The van der Waals surface area contributed by atoms with E-state index in [1.807, 2.05) is 29.1 Å². The first-order valence-electron chi connectivity index (χ1n) is 5.96. The van der Waals surface area contributed by atoms with E-state index in [2.05, 4.69) is 36.6 Å². The van der Waals surface area contributed by atoms with Crippen molar-refractivity contribution in [3.63, 3.8) is 0 Å². The van der Waals surface area contributed by atoms with Crippen LogP contribution < -0.4 is 0 Å². The molecule has 0 aliphatic carbocycles. The van der Waals surface area contributed by atoms with Gasteiger partial charge in [0.2, 0.25) is 0 Å². The second kappa shape index (κ2) is 5.35. The molecule has 0 radical (unpaired) electrons. The highest BCUT2D eigenvalue weighted by Gasteiger charge is 2.10. The fourth-order valence-corrected chi connectivity index (χ4v) is 2.69. The summed E-state index contributed by atoms with van der Waals surface area (Å²) < 4.78 is 5.10. The van der Waals surface area contributed by atoms with Gasteiger partial charge in [-0.2, -0.15) is 5.10 Å². The van der Waals surface area contributed by atoms with Crippen molar-refractivity contribution in [3.05, 3.63) is 47.0 Å². The third-order valence-corrected chi connectivity index (χ3v) is 3.75. The SMILES string of the molecule is ClCc1nc2ccc(Br)cc2n1CCn1cccn1. The molecule has 0 fully saturated rings. The van der Waals surface area contributed by atoms with E-state index in [-0.39, 0.29) is 0 Å². The number of hydrogen-bond acceptors (Lipinski definition) is 2. The van der Waals surface area contributed by atoms with Gasteiger partial charge in [0, 0.05) is 23.4 Å². The lowest BCUT2D eigenvalue weighted by atomic mass is 10.3. The molecule has 0 saturated heterocycles. The molecular weight excluding hydrogens is 328 g/mol. The van der Waals surface area contributed by atoms with Crippen LogP contribution in [0.2, 0.25) is 0 Å².